The molecule has 0 aliphatic carbocycles. The average molecular weight is 496 g/mol. The van der Waals surface area contributed by atoms with Gasteiger partial charge in [-0.1, -0.05) is 18.2 Å². The number of carbonyl (C=O) groups is 1. The van der Waals surface area contributed by atoms with Gasteiger partial charge >= 0.3 is 12.1 Å². The van der Waals surface area contributed by atoms with Gasteiger partial charge in [0.2, 0.25) is 0 Å². The molecule has 34 heavy (non-hydrogen) atoms. The minimum absolute atomic E-state index is 0.0550. The highest BCUT2D eigenvalue weighted by Crippen LogP contribution is 2.40. The SMILES string of the molecule is CCOC(=O)CCc1ccc(OCc2c(C(F)(F)F)nsc2-c2ccc(C)cc2F)c(C)c1C. The van der Waals surface area contributed by atoms with Crippen LogP contribution in [0.5, 0.6) is 5.75 Å². The predicted molar refractivity (Wildman–Crippen MR) is 122 cm³/mol. The molecule has 0 aliphatic rings. The van der Waals surface area contributed by atoms with Gasteiger partial charge in [0.15, 0.2) is 5.69 Å². The molecule has 1 aromatic heterocycles. The Balaban J connectivity index is 1.88. The first kappa shape index (κ1) is 25.7. The summed E-state index contributed by atoms with van der Waals surface area (Å²) in [5.74, 6) is -0.496. The van der Waals surface area contributed by atoms with Crippen LogP contribution in [0.3, 0.4) is 0 Å². The van der Waals surface area contributed by atoms with Crippen LogP contribution in [0.25, 0.3) is 10.4 Å². The second kappa shape index (κ2) is 10.5. The number of hydrogen-bond acceptors (Lipinski definition) is 5. The van der Waals surface area contributed by atoms with Crippen LogP contribution >= 0.6 is 11.5 Å². The highest BCUT2D eigenvalue weighted by atomic mass is 32.1. The molecule has 0 spiro atoms. The van der Waals surface area contributed by atoms with Gasteiger partial charge in [-0.2, -0.15) is 17.5 Å². The zero-order chi connectivity index (χ0) is 25.0. The third-order valence-corrected chi connectivity index (χ3v) is 6.47. The van der Waals surface area contributed by atoms with E-state index in [1.807, 2.05) is 6.92 Å². The van der Waals surface area contributed by atoms with Crippen LogP contribution in [0.4, 0.5) is 17.6 Å². The Morgan fingerprint density at radius 1 is 1.09 bits per heavy atom. The Morgan fingerprint density at radius 2 is 1.82 bits per heavy atom. The minimum atomic E-state index is -4.70. The standard InChI is InChI=1S/C25H25F4NO3S/c1-5-32-22(31)11-8-17-7-10-21(16(4)15(17)3)33-13-19-23(34-30-24(19)25(27,28)29)18-9-6-14(2)12-20(18)26/h6-7,9-10,12H,5,8,11,13H2,1-4H3. The van der Waals surface area contributed by atoms with Gasteiger partial charge in [0, 0.05) is 17.5 Å². The van der Waals surface area contributed by atoms with Crippen molar-refractivity contribution < 1.29 is 31.8 Å². The number of esters is 1. The topological polar surface area (TPSA) is 48.4 Å². The number of aromatic nitrogens is 1. The molecule has 0 bridgehead atoms. The summed E-state index contributed by atoms with van der Waals surface area (Å²) in [4.78, 5) is 11.7. The van der Waals surface area contributed by atoms with E-state index in [9.17, 15) is 22.4 Å². The van der Waals surface area contributed by atoms with Crippen LogP contribution < -0.4 is 4.74 Å². The van der Waals surface area contributed by atoms with Gasteiger partial charge in [-0.15, -0.1) is 0 Å². The first-order valence-corrected chi connectivity index (χ1v) is 11.5. The van der Waals surface area contributed by atoms with Crippen molar-refractivity contribution in [3.63, 3.8) is 0 Å². The highest BCUT2D eigenvalue weighted by Gasteiger charge is 2.38. The summed E-state index contributed by atoms with van der Waals surface area (Å²) >= 11 is 0.601. The lowest BCUT2D eigenvalue weighted by atomic mass is 9.99. The number of hydrogen-bond donors (Lipinski definition) is 0. The van der Waals surface area contributed by atoms with Crippen LogP contribution in [0.2, 0.25) is 0 Å². The number of benzene rings is 2. The van der Waals surface area contributed by atoms with E-state index in [-0.39, 0.29) is 28.4 Å². The van der Waals surface area contributed by atoms with E-state index in [1.165, 1.54) is 12.1 Å². The second-order valence-corrected chi connectivity index (χ2v) is 8.66. The molecular formula is C25H25F4NO3S. The number of aryl methyl sites for hydroxylation is 2. The Labute approximate surface area is 199 Å². The first-order valence-electron chi connectivity index (χ1n) is 10.7. The summed E-state index contributed by atoms with van der Waals surface area (Å²) in [5, 5.41) is 0. The van der Waals surface area contributed by atoms with Crippen molar-refractivity contribution in [3.8, 4) is 16.2 Å². The lowest BCUT2D eigenvalue weighted by molar-refractivity contribution is -0.143. The summed E-state index contributed by atoms with van der Waals surface area (Å²) < 4.78 is 69.7. The molecule has 0 saturated carbocycles. The van der Waals surface area contributed by atoms with Crippen LogP contribution in [-0.2, 0) is 28.7 Å². The molecule has 4 nitrogen and oxygen atoms in total. The summed E-state index contributed by atoms with van der Waals surface area (Å²) in [5.41, 5.74) is 1.99. The molecule has 0 N–H and O–H groups in total. The lowest BCUT2D eigenvalue weighted by Gasteiger charge is -2.16. The molecule has 0 radical (unpaired) electrons. The van der Waals surface area contributed by atoms with E-state index >= 15 is 0 Å². The molecule has 2 aromatic carbocycles. The number of alkyl halides is 3. The molecule has 0 atom stereocenters. The van der Waals surface area contributed by atoms with Gasteiger partial charge < -0.3 is 9.47 Å². The van der Waals surface area contributed by atoms with Crippen molar-refractivity contribution >= 4 is 17.5 Å². The fourth-order valence-corrected chi connectivity index (χ4v) is 4.51. The quantitative estimate of drug-likeness (QED) is 0.250. The van der Waals surface area contributed by atoms with Gasteiger partial charge in [-0.05, 0) is 80.0 Å². The molecule has 182 valence electrons. The molecule has 3 rings (SSSR count). The van der Waals surface area contributed by atoms with E-state index in [2.05, 4.69) is 4.37 Å². The smallest absolute Gasteiger partial charge is 0.434 e. The largest absolute Gasteiger partial charge is 0.488 e. The van der Waals surface area contributed by atoms with Gasteiger partial charge in [0.05, 0.1) is 11.5 Å². The van der Waals surface area contributed by atoms with Gasteiger partial charge in [0.25, 0.3) is 0 Å². The van der Waals surface area contributed by atoms with Crippen LogP contribution in [0, 0.1) is 26.6 Å². The van der Waals surface area contributed by atoms with Crippen molar-refractivity contribution in [2.45, 2.75) is 53.3 Å². The van der Waals surface area contributed by atoms with Crippen LogP contribution in [-0.4, -0.2) is 16.9 Å². The Bertz CT molecular complexity index is 1190. The molecule has 0 unspecified atom stereocenters. The number of nitrogens with zero attached hydrogens (tertiary/aromatic N) is 1. The molecule has 0 saturated heterocycles. The minimum Gasteiger partial charge on any atom is -0.488 e. The highest BCUT2D eigenvalue weighted by molar-refractivity contribution is 7.09. The van der Waals surface area contributed by atoms with Crippen LogP contribution in [0.15, 0.2) is 30.3 Å². The number of rotatable bonds is 8. The maximum atomic E-state index is 14.5. The zero-order valence-electron chi connectivity index (χ0n) is 19.3. The summed E-state index contributed by atoms with van der Waals surface area (Å²) in [6.45, 7) is 7.00. The third kappa shape index (κ3) is 5.75. The molecular weight excluding hydrogens is 470 g/mol. The van der Waals surface area contributed by atoms with E-state index < -0.39 is 24.3 Å². The summed E-state index contributed by atoms with van der Waals surface area (Å²) in [7, 11) is 0. The lowest BCUT2D eigenvalue weighted by Crippen LogP contribution is -2.11. The van der Waals surface area contributed by atoms with Crippen molar-refractivity contribution in [2.75, 3.05) is 6.61 Å². The fraction of sp³-hybridized carbons (Fsp3) is 0.360. The van der Waals surface area contributed by atoms with Crippen molar-refractivity contribution in [1.82, 2.24) is 4.37 Å². The van der Waals surface area contributed by atoms with E-state index in [0.29, 0.717) is 35.9 Å². The molecule has 0 fully saturated rings. The summed E-state index contributed by atoms with van der Waals surface area (Å²) in [6.07, 6.45) is -3.98. The van der Waals surface area contributed by atoms with Crippen molar-refractivity contribution in [2.24, 2.45) is 0 Å². The average Bonchev–Trinajstić information content (AvgIpc) is 3.18. The van der Waals surface area contributed by atoms with Crippen LogP contribution in [0.1, 0.15) is 46.9 Å². The van der Waals surface area contributed by atoms with Gasteiger partial charge in [0.1, 0.15) is 18.2 Å². The van der Waals surface area contributed by atoms with Crippen molar-refractivity contribution in [1.29, 1.82) is 0 Å². The molecule has 3 aromatic rings. The maximum absolute atomic E-state index is 14.5. The number of carbonyl (C=O) groups excluding carboxylic acids is 1. The van der Waals surface area contributed by atoms with E-state index in [0.717, 1.165) is 16.7 Å². The Morgan fingerprint density at radius 3 is 2.47 bits per heavy atom. The van der Waals surface area contributed by atoms with Gasteiger partial charge in [-0.25, -0.2) is 4.39 Å². The second-order valence-electron chi connectivity index (χ2n) is 7.89. The fourth-order valence-electron chi connectivity index (χ4n) is 3.58. The third-order valence-electron chi connectivity index (χ3n) is 5.55. The zero-order valence-corrected chi connectivity index (χ0v) is 20.1. The first-order chi connectivity index (χ1) is 16.0. The summed E-state index contributed by atoms with van der Waals surface area (Å²) in [6, 6.07) is 7.82. The molecule has 0 amide bonds. The van der Waals surface area contributed by atoms with Gasteiger partial charge in [-0.3, -0.25) is 4.79 Å². The molecule has 1 heterocycles. The monoisotopic (exact) mass is 495 g/mol. The Hall–Kier alpha value is -2.94. The van der Waals surface area contributed by atoms with Crippen molar-refractivity contribution in [3.05, 3.63) is 69.7 Å². The number of halogens is 4. The molecule has 0 aliphatic heterocycles. The molecule has 9 heteroatoms. The van der Waals surface area contributed by atoms with E-state index in [1.54, 1.807) is 39.0 Å². The Kier molecular flexibility index (Phi) is 7.97. The maximum Gasteiger partial charge on any atom is 0.434 e. The normalized spacial score (nSPS) is 11.5. The van der Waals surface area contributed by atoms with E-state index in [4.69, 9.17) is 9.47 Å². The number of ether oxygens (including phenoxy) is 2. The predicted octanol–water partition coefficient (Wildman–Crippen LogP) is 6.97.